The average molecular weight is 161 g/mol. The molecule has 1 heterocycles. The van der Waals surface area contributed by atoms with Gasteiger partial charge in [0.2, 0.25) is 0 Å². The molecule has 3 nitrogen and oxygen atoms in total. The van der Waals surface area contributed by atoms with Crippen molar-refractivity contribution in [2.24, 2.45) is 7.05 Å². The van der Waals surface area contributed by atoms with Gasteiger partial charge >= 0.3 is 0 Å². The molecule has 1 aromatic carbocycles. The van der Waals surface area contributed by atoms with E-state index in [0.717, 1.165) is 11.0 Å². The summed E-state index contributed by atoms with van der Waals surface area (Å²) < 4.78 is 1.79. The van der Waals surface area contributed by atoms with Crippen molar-refractivity contribution in [3.63, 3.8) is 0 Å². The van der Waals surface area contributed by atoms with Crippen LogP contribution in [0.4, 0.5) is 0 Å². The van der Waals surface area contributed by atoms with Crippen molar-refractivity contribution < 1.29 is 0 Å². The summed E-state index contributed by atoms with van der Waals surface area (Å²) in [6.45, 7) is 4.16. The lowest BCUT2D eigenvalue weighted by Gasteiger charge is -1.98. The fourth-order valence-corrected chi connectivity index (χ4v) is 1.33. The summed E-state index contributed by atoms with van der Waals surface area (Å²) in [5, 5.41) is 8.06. The van der Waals surface area contributed by atoms with Crippen molar-refractivity contribution in [2.75, 3.05) is 0 Å². The minimum absolute atomic E-state index is 1.01. The smallest absolute Gasteiger partial charge is 0.116 e. The lowest BCUT2D eigenvalue weighted by molar-refractivity contribution is 0.736. The molecule has 2 aromatic rings. The van der Waals surface area contributed by atoms with Crippen molar-refractivity contribution in [1.29, 1.82) is 0 Å². The highest BCUT2D eigenvalue weighted by atomic mass is 15.4. The minimum atomic E-state index is 1.01. The van der Waals surface area contributed by atoms with Crippen LogP contribution in [0.25, 0.3) is 11.0 Å². The van der Waals surface area contributed by atoms with Gasteiger partial charge in [0.25, 0.3) is 0 Å². The average Bonchev–Trinajstić information content (AvgIpc) is 2.41. The Kier molecular flexibility index (Phi) is 1.40. The Balaban J connectivity index is 2.93. The van der Waals surface area contributed by atoms with E-state index in [4.69, 9.17) is 0 Å². The Bertz CT molecular complexity index is 429. The quantitative estimate of drug-likeness (QED) is 0.587. The summed E-state index contributed by atoms with van der Waals surface area (Å²) in [6, 6.07) is 4.15. The normalized spacial score (nSPS) is 10.9. The summed E-state index contributed by atoms with van der Waals surface area (Å²) in [4.78, 5) is 0. The predicted octanol–water partition coefficient (Wildman–Crippen LogP) is 1.59. The Morgan fingerprint density at radius 3 is 2.75 bits per heavy atom. The van der Waals surface area contributed by atoms with Crippen molar-refractivity contribution >= 4 is 11.0 Å². The van der Waals surface area contributed by atoms with Crippen LogP contribution in [0.3, 0.4) is 0 Å². The highest BCUT2D eigenvalue weighted by Gasteiger charge is 2.04. The number of nitrogens with zero attached hydrogens (tertiary/aromatic N) is 3. The van der Waals surface area contributed by atoms with Gasteiger partial charge in [0, 0.05) is 7.05 Å². The molecule has 0 bridgehead atoms. The largest absolute Gasteiger partial charge is 0.248 e. The van der Waals surface area contributed by atoms with Crippen molar-refractivity contribution in [3.8, 4) is 0 Å². The van der Waals surface area contributed by atoms with Gasteiger partial charge in [0.05, 0.1) is 5.52 Å². The molecule has 0 aliphatic rings. The van der Waals surface area contributed by atoms with Crippen LogP contribution >= 0.6 is 0 Å². The van der Waals surface area contributed by atoms with E-state index in [0.29, 0.717) is 0 Å². The molecule has 0 atom stereocenters. The molecular weight excluding hydrogens is 150 g/mol. The van der Waals surface area contributed by atoms with Gasteiger partial charge in [0.15, 0.2) is 0 Å². The van der Waals surface area contributed by atoms with Crippen molar-refractivity contribution in [3.05, 3.63) is 23.3 Å². The molecule has 0 aliphatic carbocycles. The molecule has 0 N–H and O–H groups in total. The molecule has 0 saturated heterocycles. The summed E-state index contributed by atoms with van der Waals surface area (Å²) in [7, 11) is 1.91. The molecular formula is C9H11N3. The van der Waals surface area contributed by atoms with Gasteiger partial charge in [-0.15, -0.1) is 5.10 Å². The highest BCUT2D eigenvalue weighted by molar-refractivity contribution is 5.78. The highest BCUT2D eigenvalue weighted by Crippen LogP contribution is 2.17. The van der Waals surface area contributed by atoms with Crippen LogP contribution in [0, 0.1) is 13.8 Å². The fraction of sp³-hybridized carbons (Fsp3) is 0.333. The second-order valence-corrected chi connectivity index (χ2v) is 3.09. The maximum atomic E-state index is 4.09. The van der Waals surface area contributed by atoms with Crippen LogP contribution in [0.2, 0.25) is 0 Å². The van der Waals surface area contributed by atoms with Crippen LogP contribution in [-0.4, -0.2) is 15.0 Å². The molecule has 0 spiro atoms. The second kappa shape index (κ2) is 2.30. The van der Waals surface area contributed by atoms with E-state index in [1.807, 2.05) is 7.05 Å². The third-order valence-electron chi connectivity index (χ3n) is 2.31. The number of rotatable bonds is 0. The number of aryl methyl sites for hydroxylation is 3. The third-order valence-corrected chi connectivity index (χ3v) is 2.31. The van der Waals surface area contributed by atoms with Crippen LogP contribution in [-0.2, 0) is 7.05 Å². The summed E-state index contributed by atoms with van der Waals surface area (Å²) in [5.41, 5.74) is 4.60. The Morgan fingerprint density at radius 1 is 1.25 bits per heavy atom. The first-order valence-corrected chi connectivity index (χ1v) is 3.96. The SMILES string of the molecule is Cc1ccc2c(nnn2C)c1C. The van der Waals surface area contributed by atoms with Gasteiger partial charge in [0.1, 0.15) is 5.52 Å². The molecule has 0 saturated carbocycles. The Labute approximate surface area is 71.0 Å². The molecule has 0 fully saturated rings. The van der Waals surface area contributed by atoms with Crippen LogP contribution in [0.5, 0.6) is 0 Å². The molecule has 0 unspecified atom stereocenters. The summed E-state index contributed by atoms with van der Waals surface area (Å²) >= 11 is 0. The molecule has 1 aromatic heterocycles. The van der Waals surface area contributed by atoms with E-state index >= 15 is 0 Å². The molecule has 0 aliphatic heterocycles. The molecule has 0 radical (unpaired) electrons. The maximum Gasteiger partial charge on any atom is 0.116 e. The number of hydrogen-bond donors (Lipinski definition) is 0. The van der Waals surface area contributed by atoms with Crippen molar-refractivity contribution in [2.45, 2.75) is 13.8 Å². The molecule has 0 amide bonds. The predicted molar refractivity (Wildman–Crippen MR) is 48.0 cm³/mol. The number of benzene rings is 1. The standard InChI is InChI=1S/C9H11N3/c1-6-4-5-8-9(7(6)2)10-11-12(8)3/h4-5H,1-3H3. The number of aromatic nitrogens is 3. The first-order chi connectivity index (χ1) is 5.70. The second-order valence-electron chi connectivity index (χ2n) is 3.09. The first-order valence-electron chi connectivity index (χ1n) is 3.96. The molecule has 62 valence electrons. The maximum absolute atomic E-state index is 4.09. The first kappa shape index (κ1) is 7.28. The Morgan fingerprint density at radius 2 is 2.00 bits per heavy atom. The lowest BCUT2D eigenvalue weighted by Crippen LogP contribution is -1.89. The minimum Gasteiger partial charge on any atom is -0.248 e. The zero-order valence-electron chi connectivity index (χ0n) is 7.50. The van der Waals surface area contributed by atoms with Gasteiger partial charge in [-0.05, 0) is 31.0 Å². The Hall–Kier alpha value is -1.38. The van der Waals surface area contributed by atoms with Gasteiger partial charge in [-0.2, -0.15) is 0 Å². The van der Waals surface area contributed by atoms with Gasteiger partial charge < -0.3 is 0 Å². The van der Waals surface area contributed by atoms with Crippen LogP contribution in [0.1, 0.15) is 11.1 Å². The van der Waals surface area contributed by atoms with Crippen LogP contribution < -0.4 is 0 Å². The summed E-state index contributed by atoms with van der Waals surface area (Å²) in [6.07, 6.45) is 0. The van der Waals surface area contributed by atoms with E-state index < -0.39 is 0 Å². The zero-order chi connectivity index (χ0) is 8.72. The van der Waals surface area contributed by atoms with Gasteiger partial charge in [-0.25, -0.2) is 4.68 Å². The van der Waals surface area contributed by atoms with E-state index in [1.165, 1.54) is 11.1 Å². The lowest BCUT2D eigenvalue weighted by atomic mass is 10.1. The molecule has 12 heavy (non-hydrogen) atoms. The molecule has 3 heteroatoms. The van der Waals surface area contributed by atoms with E-state index in [2.05, 4.69) is 36.3 Å². The van der Waals surface area contributed by atoms with Gasteiger partial charge in [-0.1, -0.05) is 11.3 Å². The van der Waals surface area contributed by atoms with Crippen molar-refractivity contribution in [1.82, 2.24) is 15.0 Å². The number of fused-ring (bicyclic) bond motifs is 1. The molecule has 2 rings (SSSR count). The number of hydrogen-bond acceptors (Lipinski definition) is 2. The van der Waals surface area contributed by atoms with Gasteiger partial charge in [-0.3, -0.25) is 0 Å². The van der Waals surface area contributed by atoms with Crippen LogP contribution in [0.15, 0.2) is 12.1 Å². The third kappa shape index (κ3) is 0.826. The monoisotopic (exact) mass is 161 g/mol. The summed E-state index contributed by atoms with van der Waals surface area (Å²) in [5.74, 6) is 0. The topological polar surface area (TPSA) is 30.7 Å². The fourth-order valence-electron chi connectivity index (χ4n) is 1.33. The van der Waals surface area contributed by atoms with E-state index in [1.54, 1.807) is 4.68 Å². The van der Waals surface area contributed by atoms with E-state index in [-0.39, 0.29) is 0 Å². The van der Waals surface area contributed by atoms with E-state index in [9.17, 15) is 0 Å². The zero-order valence-corrected chi connectivity index (χ0v) is 7.50.